The number of benzene rings is 1. The Kier molecular flexibility index (Phi) is 8.20. The lowest BCUT2D eigenvalue weighted by Gasteiger charge is -2.39. The molecule has 2 rings (SSSR count). The zero-order valence-corrected chi connectivity index (χ0v) is 15.8. The lowest BCUT2D eigenvalue weighted by molar-refractivity contribution is -0.123. The Balaban J connectivity index is 0.00000288. The van der Waals surface area contributed by atoms with Crippen LogP contribution in [0.15, 0.2) is 24.3 Å². The van der Waals surface area contributed by atoms with Gasteiger partial charge in [0.15, 0.2) is 0 Å². The van der Waals surface area contributed by atoms with Crippen molar-refractivity contribution in [1.29, 1.82) is 0 Å². The largest absolute Gasteiger partial charge is 0.381 e. The third-order valence-corrected chi connectivity index (χ3v) is 4.83. The Labute approximate surface area is 151 Å². The fourth-order valence-corrected chi connectivity index (χ4v) is 3.47. The van der Waals surface area contributed by atoms with Gasteiger partial charge in [0.2, 0.25) is 5.91 Å². The molecular weight excluding hydrogens is 324 g/mol. The van der Waals surface area contributed by atoms with Crippen LogP contribution in [0, 0.1) is 12.8 Å². The van der Waals surface area contributed by atoms with Crippen LogP contribution in [0.5, 0.6) is 0 Å². The second kappa shape index (κ2) is 9.40. The normalized spacial score (nSPS) is 17.9. The maximum atomic E-state index is 12.3. The summed E-state index contributed by atoms with van der Waals surface area (Å²) in [5.41, 5.74) is 8.56. The van der Waals surface area contributed by atoms with E-state index >= 15 is 0 Å². The van der Waals surface area contributed by atoms with Crippen molar-refractivity contribution >= 4 is 18.3 Å². The first kappa shape index (κ1) is 20.9. The number of hydrogen-bond donors (Lipinski definition) is 2. The van der Waals surface area contributed by atoms with Gasteiger partial charge in [-0.3, -0.25) is 4.79 Å². The third-order valence-electron chi connectivity index (χ3n) is 4.83. The summed E-state index contributed by atoms with van der Waals surface area (Å²) in [5.74, 6) is 0.377. The first-order chi connectivity index (χ1) is 10.9. The molecule has 1 aromatic carbocycles. The first-order valence-corrected chi connectivity index (χ1v) is 8.62. The Morgan fingerprint density at radius 2 is 1.92 bits per heavy atom. The molecule has 1 fully saturated rings. The minimum atomic E-state index is -0.427. The van der Waals surface area contributed by atoms with E-state index in [2.05, 4.69) is 50.4 Å². The number of halogens is 1. The molecule has 5 heteroatoms. The topological polar surface area (TPSA) is 64.4 Å². The molecule has 3 N–H and O–H groups in total. The standard InChI is InChI=1S/C19H30N2O2.ClH/c1-14(2)12-17(20)18(22)21-13-19(8-10-23-11-9-19)16-7-5-4-6-15(16)3;/h4-7,14,17H,8-13,20H2,1-3H3,(H,21,22);1H/t17-;/m0./s1. The predicted molar refractivity (Wildman–Crippen MR) is 101 cm³/mol. The molecule has 0 saturated carbocycles. The van der Waals surface area contributed by atoms with E-state index in [9.17, 15) is 4.79 Å². The van der Waals surface area contributed by atoms with Gasteiger partial charge in [-0.25, -0.2) is 0 Å². The van der Waals surface area contributed by atoms with E-state index in [0.29, 0.717) is 18.9 Å². The lowest BCUT2D eigenvalue weighted by Crippen LogP contribution is -2.49. The summed E-state index contributed by atoms with van der Waals surface area (Å²) in [6.07, 6.45) is 2.57. The Morgan fingerprint density at radius 1 is 1.29 bits per heavy atom. The van der Waals surface area contributed by atoms with Gasteiger partial charge in [0.25, 0.3) is 0 Å². The molecule has 1 saturated heterocycles. The molecule has 1 aliphatic heterocycles. The van der Waals surface area contributed by atoms with E-state index in [4.69, 9.17) is 10.5 Å². The van der Waals surface area contributed by atoms with Crippen molar-refractivity contribution < 1.29 is 9.53 Å². The molecule has 0 radical (unpaired) electrons. The van der Waals surface area contributed by atoms with E-state index in [-0.39, 0.29) is 23.7 Å². The minimum absolute atomic E-state index is 0. The fraction of sp³-hybridized carbons (Fsp3) is 0.632. The van der Waals surface area contributed by atoms with Crippen LogP contribution in [0.4, 0.5) is 0 Å². The Hall–Kier alpha value is -1.10. The third kappa shape index (κ3) is 5.20. The summed E-state index contributed by atoms with van der Waals surface area (Å²) in [6.45, 7) is 8.41. The highest BCUT2D eigenvalue weighted by Crippen LogP contribution is 2.36. The molecule has 1 atom stereocenters. The van der Waals surface area contributed by atoms with Crippen LogP contribution in [0.2, 0.25) is 0 Å². The molecule has 0 aliphatic carbocycles. The minimum Gasteiger partial charge on any atom is -0.381 e. The number of aryl methyl sites for hydroxylation is 1. The SMILES string of the molecule is Cc1ccccc1C1(CNC(=O)[C@@H](N)CC(C)C)CCOCC1.Cl. The number of ether oxygens (including phenoxy) is 1. The van der Waals surface area contributed by atoms with Gasteiger partial charge in [-0.2, -0.15) is 0 Å². The number of carbonyl (C=O) groups excluding carboxylic acids is 1. The quantitative estimate of drug-likeness (QED) is 0.825. The summed E-state index contributed by atoms with van der Waals surface area (Å²) in [5, 5.41) is 3.10. The van der Waals surface area contributed by atoms with E-state index < -0.39 is 6.04 Å². The first-order valence-electron chi connectivity index (χ1n) is 8.62. The number of carbonyl (C=O) groups is 1. The van der Waals surface area contributed by atoms with Crippen LogP contribution in [0.25, 0.3) is 0 Å². The van der Waals surface area contributed by atoms with Crippen molar-refractivity contribution in [1.82, 2.24) is 5.32 Å². The van der Waals surface area contributed by atoms with Crippen LogP contribution in [0.3, 0.4) is 0 Å². The van der Waals surface area contributed by atoms with Crippen molar-refractivity contribution in [3.05, 3.63) is 35.4 Å². The van der Waals surface area contributed by atoms with Gasteiger partial charge in [0, 0.05) is 25.2 Å². The number of amides is 1. The monoisotopic (exact) mass is 354 g/mol. The van der Waals surface area contributed by atoms with Crippen molar-refractivity contribution in [2.45, 2.75) is 51.5 Å². The van der Waals surface area contributed by atoms with Crippen molar-refractivity contribution in [3.8, 4) is 0 Å². The van der Waals surface area contributed by atoms with Crippen molar-refractivity contribution in [3.63, 3.8) is 0 Å². The van der Waals surface area contributed by atoms with Crippen LogP contribution in [-0.4, -0.2) is 31.7 Å². The second-order valence-corrected chi connectivity index (χ2v) is 7.16. The second-order valence-electron chi connectivity index (χ2n) is 7.16. The average molecular weight is 355 g/mol. The van der Waals surface area contributed by atoms with E-state index in [1.807, 2.05) is 0 Å². The molecule has 0 unspecified atom stereocenters. The highest BCUT2D eigenvalue weighted by atomic mass is 35.5. The van der Waals surface area contributed by atoms with E-state index in [0.717, 1.165) is 26.1 Å². The van der Waals surface area contributed by atoms with Crippen LogP contribution < -0.4 is 11.1 Å². The van der Waals surface area contributed by atoms with Gasteiger partial charge in [-0.15, -0.1) is 12.4 Å². The number of rotatable bonds is 6. The number of hydrogen-bond acceptors (Lipinski definition) is 3. The van der Waals surface area contributed by atoms with E-state index in [1.54, 1.807) is 0 Å². The lowest BCUT2D eigenvalue weighted by atomic mass is 9.72. The van der Waals surface area contributed by atoms with Crippen molar-refractivity contribution in [2.24, 2.45) is 11.7 Å². The molecule has 1 amide bonds. The van der Waals surface area contributed by atoms with Gasteiger partial charge in [-0.1, -0.05) is 38.1 Å². The molecule has 1 aliphatic rings. The zero-order chi connectivity index (χ0) is 16.9. The summed E-state index contributed by atoms with van der Waals surface area (Å²) in [7, 11) is 0. The van der Waals surface area contributed by atoms with Gasteiger partial charge < -0.3 is 15.8 Å². The summed E-state index contributed by atoms with van der Waals surface area (Å²) in [4.78, 5) is 12.3. The zero-order valence-electron chi connectivity index (χ0n) is 15.0. The Bertz CT molecular complexity index is 528. The highest BCUT2D eigenvalue weighted by Gasteiger charge is 2.36. The van der Waals surface area contributed by atoms with Gasteiger partial charge in [-0.05, 0) is 43.2 Å². The summed E-state index contributed by atoms with van der Waals surface area (Å²) < 4.78 is 5.56. The highest BCUT2D eigenvalue weighted by molar-refractivity contribution is 5.85. The average Bonchev–Trinajstić information content (AvgIpc) is 2.53. The van der Waals surface area contributed by atoms with Gasteiger partial charge in [0.1, 0.15) is 0 Å². The molecule has 24 heavy (non-hydrogen) atoms. The van der Waals surface area contributed by atoms with Gasteiger partial charge >= 0.3 is 0 Å². The smallest absolute Gasteiger partial charge is 0.236 e. The molecular formula is C19H31ClN2O2. The number of nitrogens with one attached hydrogen (secondary N) is 1. The van der Waals surface area contributed by atoms with Crippen LogP contribution >= 0.6 is 12.4 Å². The molecule has 1 aromatic rings. The molecule has 136 valence electrons. The number of nitrogens with two attached hydrogens (primary N) is 1. The van der Waals surface area contributed by atoms with E-state index in [1.165, 1.54) is 11.1 Å². The molecule has 0 aromatic heterocycles. The predicted octanol–water partition coefficient (Wildman–Crippen LogP) is 2.95. The Morgan fingerprint density at radius 3 is 2.50 bits per heavy atom. The van der Waals surface area contributed by atoms with Gasteiger partial charge in [0.05, 0.1) is 6.04 Å². The molecule has 1 heterocycles. The maximum Gasteiger partial charge on any atom is 0.236 e. The fourth-order valence-electron chi connectivity index (χ4n) is 3.47. The van der Waals surface area contributed by atoms with Crippen LogP contribution in [0.1, 0.15) is 44.2 Å². The van der Waals surface area contributed by atoms with Crippen LogP contribution in [-0.2, 0) is 14.9 Å². The molecule has 0 bridgehead atoms. The molecule has 0 spiro atoms. The molecule has 4 nitrogen and oxygen atoms in total. The summed E-state index contributed by atoms with van der Waals surface area (Å²) >= 11 is 0. The maximum absolute atomic E-state index is 12.3. The summed E-state index contributed by atoms with van der Waals surface area (Å²) in [6, 6.07) is 8.03. The van der Waals surface area contributed by atoms with Crippen molar-refractivity contribution in [2.75, 3.05) is 19.8 Å².